The Morgan fingerprint density at radius 1 is 1.15 bits per heavy atom. The van der Waals surface area contributed by atoms with Gasteiger partial charge in [0.15, 0.2) is 0 Å². The zero-order valence-corrected chi connectivity index (χ0v) is 25.3. The number of nitrogens with one attached hydrogen (secondary N) is 2. The highest BCUT2D eigenvalue weighted by molar-refractivity contribution is 5.80. The zero-order valence-electron chi connectivity index (χ0n) is 25.3. The minimum absolute atomic E-state index is 0.344. The van der Waals surface area contributed by atoms with E-state index in [-0.39, 0.29) is 0 Å². The first-order valence-corrected chi connectivity index (χ1v) is 13.8. The normalized spacial score (nSPS) is 14.0. The molecular weight excluding hydrogens is 513 g/mol. The first-order chi connectivity index (χ1) is 19.7. The SMILES string of the molecule is C=C\C(F)=C/C=C(C)/C=C(\C(C)=C\C=N/C(=C)NCc1ccc2c(c1)CCO2)n1ccc(CN(C)C)cc1=N.CC. The summed E-state index contributed by atoms with van der Waals surface area (Å²) in [5.41, 5.74) is 6.25. The topological polar surface area (TPSA) is 65.6 Å². The molecule has 0 unspecified atom stereocenters. The molecule has 0 spiro atoms. The molecule has 0 amide bonds. The summed E-state index contributed by atoms with van der Waals surface area (Å²) >= 11 is 0. The van der Waals surface area contributed by atoms with Crippen LogP contribution in [0.5, 0.6) is 5.75 Å². The Bertz CT molecular complexity index is 1420. The maximum Gasteiger partial charge on any atom is 0.129 e. The van der Waals surface area contributed by atoms with Gasteiger partial charge in [-0.25, -0.2) is 9.38 Å². The van der Waals surface area contributed by atoms with Crippen molar-refractivity contribution in [3.63, 3.8) is 0 Å². The van der Waals surface area contributed by atoms with Gasteiger partial charge in [-0.2, -0.15) is 0 Å². The minimum atomic E-state index is -0.412. The van der Waals surface area contributed by atoms with Gasteiger partial charge in [0.1, 0.15) is 22.9 Å². The van der Waals surface area contributed by atoms with Gasteiger partial charge in [0.2, 0.25) is 0 Å². The van der Waals surface area contributed by atoms with Crippen molar-refractivity contribution in [3.8, 4) is 5.75 Å². The Hall–Kier alpha value is -4.23. The molecule has 2 heterocycles. The molecule has 0 fully saturated rings. The molecule has 6 nitrogen and oxygen atoms in total. The zero-order chi connectivity index (χ0) is 30.4. The molecule has 0 radical (unpaired) electrons. The Balaban J connectivity index is 0.00000287. The maximum atomic E-state index is 13.6. The second-order valence-electron chi connectivity index (χ2n) is 9.69. The molecule has 0 aliphatic carbocycles. The average Bonchev–Trinajstić information content (AvgIpc) is 3.42. The fourth-order valence-electron chi connectivity index (χ4n) is 4.06. The van der Waals surface area contributed by atoms with Crippen molar-refractivity contribution >= 4 is 11.9 Å². The number of fused-ring (bicyclic) bond motifs is 1. The number of rotatable bonds is 12. The monoisotopic (exact) mass is 557 g/mol. The molecule has 3 rings (SSSR count). The number of benzene rings is 1. The lowest BCUT2D eigenvalue weighted by Crippen LogP contribution is -2.21. The van der Waals surface area contributed by atoms with Crippen molar-refractivity contribution in [2.45, 2.75) is 47.2 Å². The maximum absolute atomic E-state index is 13.6. The van der Waals surface area contributed by atoms with Gasteiger partial charge in [-0.3, -0.25) is 5.41 Å². The van der Waals surface area contributed by atoms with E-state index >= 15 is 0 Å². The van der Waals surface area contributed by atoms with Crippen molar-refractivity contribution < 1.29 is 9.13 Å². The van der Waals surface area contributed by atoms with Crippen LogP contribution in [0.15, 0.2) is 108 Å². The predicted octanol–water partition coefficient (Wildman–Crippen LogP) is 7.09. The molecule has 1 aromatic heterocycles. The minimum Gasteiger partial charge on any atom is -0.493 e. The van der Waals surface area contributed by atoms with E-state index in [0.717, 1.165) is 59.4 Å². The number of hydrogen-bond acceptors (Lipinski definition) is 5. The van der Waals surface area contributed by atoms with Crippen molar-refractivity contribution in [2.75, 3.05) is 20.7 Å². The highest BCUT2D eigenvalue weighted by atomic mass is 19.1. The number of aromatic nitrogens is 1. The van der Waals surface area contributed by atoms with Gasteiger partial charge in [0, 0.05) is 31.9 Å². The summed E-state index contributed by atoms with van der Waals surface area (Å²) in [6.45, 7) is 17.4. The lowest BCUT2D eigenvalue weighted by molar-refractivity contribution is 0.357. The van der Waals surface area contributed by atoms with E-state index in [9.17, 15) is 4.39 Å². The molecule has 0 atom stereocenters. The van der Waals surface area contributed by atoms with Crippen molar-refractivity contribution in [3.05, 3.63) is 125 Å². The van der Waals surface area contributed by atoms with Crippen LogP contribution in [0.1, 0.15) is 44.4 Å². The van der Waals surface area contributed by atoms with Gasteiger partial charge >= 0.3 is 0 Å². The Morgan fingerprint density at radius 3 is 2.59 bits per heavy atom. The molecule has 2 aromatic rings. The van der Waals surface area contributed by atoms with Crippen LogP contribution in [0, 0.1) is 5.41 Å². The van der Waals surface area contributed by atoms with Crippen molar-refractivity contribution in [1.82, 2.24) is 14.8 Å². The van der Waals surface area contributed by atoms with Crippen LogP contribution < -0.4 is 15.5 Å². The van der Waals surface area contributed by atoms with Crippen LogP contribution in [0.4, 0.5) is 4.39 Å². The number of pyridine rings is 1. The third-order valence-corrected chi connectivity index (χ3v) is 6.05. The molecular formula is C34H44FN5O. The van der Waals surface area contributed by atoms with Crippen LogP contribution in [0.3, 0.4) is 0 Å². The van der Waals surface area contributed by atoms with E-state index in [2.05, 4.69) is 34.4 Å². The predicted molar refractivity (Wildman–Crippen MR) is 170 cm³/mol. The summed E-state index contributed by atoms with van der Waals surface area (Å²) in [6.07, 6.45) is 12.5. The lowest BCUT2D eigenvalue weighted by atomic mass is 10.1. The molecule has 7 heteroatoms. The third-order valence-electron chi connectivity index (χ3n) is 6.05. The highest BCUT2D eigenvalue weighted by Crippen LogP contribution is 2.25. The number of aliphatic imine (C=N–C) groups is 1. The Kier molecular flexibility index (Phi) is 13.5. The second-order valence-corrected chi connectivity index (χ2v) is 9.69. The van der Waals surface area contributed by atoms with Gasteiger partial charge in [0.25, 0.3) is 0 Å². The van der Waals surface area contributed by atoms with Crippen molar-refractivity contribution in [2.24, 2.45) is 4.99 Å². The number of ether oxygens (including phenoxy) is 1. The molecule has 1 aliphatic rings. The van der Waals surface area contributed by atoms with Crippen LogP contribution in [-0.2, 0) is 19.5 Å². The van der Waals surface area contributed by atoms with Gasteiger partial charge in [-0.05, 0) is 98.3 Å². The molecule has 0 saturated heterocycles. The van der Waals surface area contributed by atoms with Crippen LogP contribution in [0.2, 0.25) is 0 Å². The fraction of sp³-hybridized carbons (Fsp3) is 0.294. The van der Waals surface area contributed by atoms with Crippen LogP contribution >= 0.6 is 0 Å². The summed E-state index contributed by atoms with van der Waals surface area (Å²) in [5, 5.41) is 11.9. The molecule has 0 saturated carbocycles. The van der Waals surface area contributed by atoms with Gasteiger partial charge in [0.05, 0.1) is 12.3 Å². The van der Waals surface area contributed by atoms with Gasteiger partial charge in [-0.1, -0.05) is 45.2 Å². The standard InChI is InChI=1S/C32H38FN5O.C2H6/c1-7-29(33)10-8-23(2)18-30(38-16-13-27(20-32(38)34)22-37(5)6)24(3)12-15-35-25(4)36-21-26-9-11-31-28(19-26)14-17-39-31;1-2/h7-13,15-16,18-20,34,36H,1,4,14,17,21-22H2,2-3,5-6H3;1-2H3/b23-8+,24-12+,29-10+,30-18+,34-32?,35-15-;. The Morgan fingerprint density at radius 2 is 1.90 bits per heavy atom. The van der Waals surface area contributed by atoms with E-state index in [1.807, 2.05) is 84.4 Å². The smallest absolute Gasteiger partial charge is 0.129 e. The fourth-order valence-corrected chi connectivity index (χ4v) is 4.06. The van der Waals surface area contributed by atoms with E-state index in [1.165, 1.54) is 11.6 Å². The highest BCUT2D eigenvalue weighted by Gasteiger charge is 2.11. The molecule has 2 N–H and O–H groups in total. The van der Waals surface area contributed by atoms with Crippen LogP contribution in [0.25, 0.3) is 5.70 Å². The Labute approximate surface area is 244 Å². The largest absolute Gasteiger partial charge is 0.493 e. The summed E-state index contributed by atoms with van der Waals surface area (Å²) in [7, 11) is 3.99. The molecule has 1 aromatic carbocycles. The number of halogens is 1. The number of allylic oxidation sites excluding steroid dienone is 9. The summed E-state index contributed by atoms with van der Waals surface area (Å²) in [5.74, 6) is 1.10. The third kappa shape index (κ3) is 10.7. The number of nitrogens with zero attached hydrogens (tertiary/aromatic N) is 3. The van der Waals surface area contributed by atoms with Crippen molar-refractivity contribution in [1.29, 1.82) is 5.41 Å². The average molecular weight is 558 g/mol. The summed E-state index contributed by atoms with van der Waals surface area (Å²) in [4.78, 5) is 6.50. The molecule has 218 valence electrons. The quantitative estimate of drug-likeness (QED) is 0.216. The van der Waals surface area contributed by atoms with E-state index in [1.54, 1.807) is 16.9 Å². The molecule has 41 heavy (non-hydrogen) atoms. The molecule has 0 bridgehead atoms. The van der Waals surface area contributed by atoms with Gasteiger partial charge in [-0.15, -0.1) is 0 Å². The molecule has 1 aliphatic heterocycles. The van der Waals surface area contributed by atoms with E-state index in [0.29, 0.717) is 17.9 Å². The number of hydrogen-bond donors (Lipinski definition) is 2. The van der Waals surface area contributed by atoms with Gasteiger partial charge < -0.3 is 19.5 Å². The van der Waals surface area contributed by atoms with Crippen LogP contribution in [-0.4, -0.2) is 36.4 Å². The van der Waals surface area contributed by atoms with E-state index < -0.39 is 5.83 Å². The lowest BCUT2D eigenvalue weighted by Gasteiger charge is -2.15. The summed E-state index contributed by atoms with van der Waals surface area (Å²) in [6, 6.07) is 10.1. The first kappa shape index (κ1) is 33.0. The van der Waals surface area contributed by atoms with E-state index in [4.69, 9.17) is 10.1 Å². The second kappa shape index (κ2) is 16.8. The summed E-state index contributed by atoms with van der Waals surface area (Å²) < 4.78 is 21.0. The first-order valence-electron chi connectivity index (χ1n) is 13.8.